The maximum absolute atomic E-state index is 9.44. The molecule has 0 aromatic heterocycles. The van der Waals surface area contributed by atoms with E-state index in [0.717, 1.165) is 11.1 Å². The highest BCUT2D eigenvalue weighted by molar-refractivity contribution is 6.36. The third-order valence-electron chi connectivity index (χ3n) is 2.62. The topological polar surface area (TPSA) is 44.0 Å². The molecule has 0 atom stereocenters. The molecule has 1 N–H and O–H groups in total. The van der Waals surface area contributed by atoms with Crippen LogP contribution in [0.3, 0.4) is 0 Å². The van der Waals surface area contributed by atoms with Gasteiger partial charge < -0.3 is 5.11 Å². The molecule has 0 heterocycles. The van der Waals surface area contributed by atoms with Crippen LogP contribution in [0.4, 0.5) is 0 Å². The van der Waals surface area contributed by atoms with Crippen molar-refractivity contribution in [1.82, 2.24) is 0 Å². The van der Waals surface area contributed by atoms with Gasteiger partial charge in [-0.05, 0) is 35.4 Å². The smallest absolute Gasteiger partial charge is 0.133 e. The third-order valence-corrected chi connectivity index (χ3v) is 3.33. The number of phenolic OH excluding ortho intramolecular Hbond substituents is 1. The van der Waals surface area contributed by atoms with E-state index < -0.39 is 0 Å². The van der Waals surface area contributed by atoms with Crippen molar-refractivity contribution in [3.8, 4) is 11.8 Å². The van der Waals surface area contributed by atoms with Gasteiger partial charge in [-0.15, -0.1) is 0 Å². The molecule has 0 aliphatic heterocycles. The van der Waals surface area contributed by atoms with Crippen LogP contribution in [0.5, 0.6) is 5.75 Å². The van der Waals surface area contributed by atoms with E-state index in [1.54, 1.807) is 30.3 Å². The van der Waals surface area contributed by atoms with E-state index in [9.17, 15) is 5.11 Å². The summed E-state index contributed by atoms with van der Waals surface area (Å²) in [5.74, 6) is -0.0218. The SMILES string of the molecule is N#Cc1cc(Cc2c(Cl)cccc2Cl)ccc1O. The average Bonchev–Trinajstić information content (AvgIpc) is 2.36. The number of hydrogen-bond acceptors (Lipinski definition) is 2. The molecule has 2 aromatic rings. The van der Waals surface area contributed by atoms with Gasteiger partial charge in [0, 0.05) is 16.5 Å². The average molecular weight is 278 g/mol. The van der Waals surface area contributed by atoms with Gasteiger partial charge in [-0.25, -0.2) is 0 Å². The lowest BCUT2D eigenvalue weighted by Gasteiger charge is -2.07. The van der Waals surface area contributed by atoms with Crippen molar-refractivity contribution in [1.29, 1.82) is 5.26 Å². The molecule has 2 nitrogen and oxygen atoms in total. The molecule has 0 radical (unpaired) electrons. The Kier molecular flexibility index (Phi) is 3.76. The van der Waals surface area contributed by atoms with Crippen LogP contribution in [0, 0.1) is 11.3 Å². The van der Waals surface area contributed by atoms with Crippen LogP contribution in [0.15, 0.2) is 36.4 Å². The molecular formula is C14H9Cl2NO. The molecule has 0 aliphatic carbocycles. The number of nitrogens with zero attached hydrogens (tertiary/aromatic N) is 1. The molecule has 2 rings (SSSR count). The second-order valence-electron chi connectivity index (χ2n) is 3.84. The van der Waals surface area contributed by atoms with Crippen molar-refractivity contribution in [3.63, 3.8) is 0 Å². The molecule has 0 bridgehead atoms. The van der Waals surface area contributed by atoms with Crippen molar-refractivity contribution < 1.29 is 5.11 Å². The van der Waals surface area contributed by atoms with Crippen molar-refractivity contribution in [3.05, 3.63) is 63.1 Å². The minimum Gasteiger partial charge on any atom is -0.507 e. The van der Waals surface area contributed by atoms with Crippen LogP contribution in [0.2, 0.25) is 10.0 Å². The van der Waals surface area contributed by atoms with E-state index in [-0.39, 0.29) is 11.3 Å². The van der Waals surface area contributed by atoms with Gasteiger partial charge in [0.25, 0.3) is 0 Å². The van der Waals surface area contributed by atoms with E-state index in [0.29, 0.717) is 16.5 Å². The molecule has 0 saturated heterocycles. The molecule has 2 aromatic carbocycles. The fraction of sp³-hybridized carbons (Fsp3) is 0.0714. The van der Waals surface area contributed by atoms with Gasteiger partial charge in [-0.1, -0.05) is 35.3 Å². The zero-order chi connectivity index (χ0) is 13.1. The zero-order valence-corrected chi connectivity index (χ0v) is 10.8. The molecule has 4 heteroatoms. The molecule has 0 saturated carbocycles. The first-order chi connectivity index (χ1) is 8.61. The summed E-state index contributed by atoms with van der Waals surface area (Å²) in [6, 6.07) is 12.1. The molecular weight excluding hydrogens is 269 g/mol. The number of hydrogen-bond donors (Lipinski definition) is 1. The first kappa shape index (κ1) is 12.8. The minimum atomic E-state index is -0.0218. The minimum absolute atomic E-state index is 0.0218. The first-order valence-electron chi connectivity index (χ1n) is 5.26. The molecule has 0 spiro atoms. The number of phenols is 1. The van der Waals surface area contributed by atoms with Gasteiger partial charge in [0.15, 0.2) is 0 Å². The predicted octanol–water partition coefficient (Wildman–Crippen LogP) is 4.16. The summed E-state index contributed by atoms with van der Waals surface area (Å²) in [5.41, 5.74) is 1.94. The highest BCUT2D eigenvalue weighted by atomic mass is 35.5. The predicted molar refractivity (Wildman–Crippen MR) is 72.1 cm³/mol. The second kappa shape index (κ2) is 5.30. The Hall–Kier alpha value is -1.69. The molecule has 90 valence electrons. The highest BCUT2D eigenvalue weighted by Gasteiger charge is 2.08. The first-order valence-corrected chi connectivity index (χ1v) is 6.02. The number of benzene rings is 2. The van der Waals surface area contributed by atoms with E-state index in [2.05, 4.69) is 0 Å². The Bertz CT molecular complexity index is 612. The maximum atomic E-state index is 9.44. The quantitative estimate of drug-likeness (QED) is 0.896. The van der Waals surface area contributed by atoms with E-state index >= 15 is 0 Å². The number of aromatic hydroxyl groups is 1. The van der Waals surface area contributed by atoms with Gasteiger partial charge >= 0.3 is 0 Å². The van der Waals surface area contributed by atoms with E-state index in [4.69, 9.17) is 28.5 Å². The summed E-state index contributed by atoms with van der Waals surface area (Å²) >= 11 is 12.2. The van der Waals surface area contributed by atoms with Crippen LogP contribution >= 0.6 is 23.2 Å². The van der Waals surface area contributed by atoms with Gasteiger partial charge in [0.1, 0.15) is 11.8 Å². The fourth-order valence-electron chi connectivity index (χ4n) is 1.69. The summed E-state index contributed by atoms with van der Waals surface area (Å²) in [6.45, 7) is 0. The Labute approximate surface area is 115 Å². The van der Waals surface area contributed by atoms with Crippen LogP contribution in [0.25, 0.3) is 0 Å². The summed E-state index contributed by atoms with van der Waals surface area (Å²) in [5, 5.41) is 19.5. The number of rotatable bonds is 2. The van der Waals surface area contributed by atoms with Crippen LogP contribution in [0.1, 0.15) is 16.7 Å². The van der Waals surface area contributed by atoms with E-state index in [1.807, 2.05) is 6.07 Å². The Morgan fingerprint density at radius 2 is 1.78 bits per heavy atom. The van der Waals surface area contributed by atoms with Gasteiger partial charge in [-0.2, -0.15) is 5.26 Å². The molecule has 18 heavy (non-hydrogen) atoms. The van der Waals surface area contributed by atoms with Crippen molar-refractivity contribution in [2.45, 2.75) is 6.42 Å². The fourth-order valence-corrected chi connectivity index (χ4v) is 2.22. The third kappa shape index (κ3) is 2.59. The zero-order valence-electron chi connectivity index (χ0n) is 9.32. The summed E-state index contributed by atoms with van der Waals surface area (Å²) in [4.78, 5) is 0. The van der Waals surface area contributed by atoms with Crippen LogP contribution in [-0.4, -0.2) is 5.11 Å². The van der Waals surface area contributed by atoms with Gasteiger partial charge in [0.2, 0.25) is 0 Å². The number of nitriles is 1. The largest absolute Gasteiger partial charge is 0.507 e. The lowest BCUT2D eigenvalue weighted by atomic mass is 10.0. The van der Waals surface area contributed by atoms with Crippen molar-refractivity contribution >= 4 is 23.2 Å². The number of halogens is 2. The summed E-state index contributed by atoms with van der Waals surface area (Å²) in [7, 11) is 0. The van der Waals surface area contributed by atoms with Crippen LogP contribution < -0.4 is 0 Å². The van der Waals surface area contributed by atoms with Crippen LogP contribution in [-0.2, 0) is 6.42 Å². The highest BCUT2D eigenvalue weighted by Crippen LogP contribution is 2.28. The normalized spacial score (nSPS) is 10.1. The molecule has 0 amide bonds. The maximum Gasteiger partial charge on any atom is 0.133 e. The Morgan fingerprint density at radius 3 is 2.39 bits per heavy atom. The monoisotopic (exact) mass is 277 g/mol. The van der Waals surface area contributed by atoms with Crippen molar-refractivity contribution in [2.75, 3.05) is 0 Å². The molecule has 0 fully saturated rings. The molecule has 0 unspecified atom stereocenters. The van der Waals surface area contributed by atoms with Gasteiger partial charge in [-0.3, -0.25) is 0 Å². The molecule has 0 aliphatic rings. The lowest BCUT2D eigenvalue weighted by Crippen LogP contribution is -1.92. The van der Waals surface area contributed by atoms with E-state index in [1.165, 1.54) is 6.07 Å². The standard InChI is InChI=1S/C14H9Cl2NO/c15-12-2-1-3-13(16)11(12)7-9-4-5-14(18)10(6-9)8-17/h1-6,18H,7H2. The van der Waals surface area contributed by atoms with Crippen molar-refractivity contribution in [2.24, 2.45) is 0 Å². The van der Waals surface area contributed by atoms with Gasteiger partial charge in [0.05, 0.1) is 5.56 Å². The Morgan fingerprint density at radius 1 is 1.11 bits per heavy atom. The summed E-state index contributed by atoms with van der Waals surface area (Å²) in [6.07, 6.45) is 0.521. The summed E-state index contributed by atoms with van der Waals surface area (Å²) < 4.78 is 0. The Balaban J connectivity index is 2.38. The second-order valence-corrected chi connectivity index (χ2v) is 4.65. The lowest BCUT2D eigenvalue weighted by molar-refractivity contribution is 0.473.